The summed E-state index contributed by atoms with van der Waals surface area (Å²) in [6.07, 6.45) is 3.47. The monoisotopic (exact) mass is 543 g/mol. The minimum absolute atomic E-state index is 0.107. The quantitative estimate of drug-likeness (QED) is 0.428. The molecule has 2 saturated carbocycles. The molecule has 2 aliphatic carbocycles. The summed E-state index contributed by atoms with van der Waals surface area (Å²) in [7, 11) is 0. The largest absolute Gasteiger partial charge is 0.393 e. The summed E-state index contributed by atoms with van der Waals surface area (Å²) >= 11 is 0. The number of imidazole rings is 1. The van der Waals surface area contributed by atoms with Gasteiger partial charge in [0.15, 0.2) is 5.65 Å². The van der Waals surface area contributed by atoms with Crippen LogP contribution in [0.15, 0.2) is 30.6 Å². The van der Waals surface area contributed by atoms with E-state index >= 15 is 0 Å². The van der Waals surface area contributed by atoms with Crippen molar-refractivity contribution in [2.45, 2.75) is 64.2 Å². The van der Waals surface area contributed by atoms with E-state index in [1.807, 2.05) is 6.92 Å². The van der Waals surface area contributed by atoms with Crippen LogP contribution in [0.4, 0.5) is 13.2 Å². The van der Waals surface area contributed by atoms with E-state index in [0.29, 0.717) is 41.1 Å². The fraction of sp³-hybridized carbons (Fsp3) is 0.593. The number of amides is 2. The molecule has 0 radical (unpaired) electrons. The van der Waals surface area contributed by atoms with Crippen molar-refractivity contribution in [1.82, 2.24) is 35.0 Å². The van der Waals surface area contributed by atoms with Gasteiger partial charge >= 0.3 is 6.18 Å². The summed E-state index contributed by atoms with van der Waals surface area (Å²) in [5.41, 5.74) is 2.31. The molecule has 2 N–H and O–H groups in total. The van der Waals surface area contributed by atoms with Crippen LogP contribution in [-0.2, 0) is 17.8 Å². The second-order valence-electron chi connectivity index (χ2n) is 11.1. The molecule has 1 aliphatic heterocycles. The van der Waals surface area contributed by atoms with E-state index in [1.165, 1.54) is 0 Å². The molecule has 6 rings (SSSR count). The van der Waals surface area contributed by atoms with E-state index in [0.717, 1.165) is 25.7 Å². The molecule has 0 spiro atoms. The highest BCUT2D eigenvalue weighted by atomic mass is 19.4. The Balaban J connectivity index is 1.26. The molecule has 3 aromatic rings. The number of aryl methyl sites for hydroxylation is 1. The van der Waals surface area contributed by atoms with Gasteiger partial charge in [-0.05, 0) is 75.0 Å². The van der Waals surface area contributed by atoms with Crippen LogP contribution in [-0.4, -0.2) is 48.9 Å². The molecule has 9 nitrogen and oxygen atoms in total. The van der Waals surface area contributed by atoms with Crippen LogP contribution >= 0.6 is 0 Å². The van der Waals surface area contributed by atoms with Gasteiger partial charge in [0.1, 0.15) is 5.69 Å². The van der Waals surface area contributed by atoms with Crippen molar-refractivity contribution >= 4 is 17.5 Å². The van der Waals surface area contributed by atoms with Crippen molar-refractivity contribution in [2.75, 3.05) is 6.54 Å². The number of fused-ring (bicyclic) bond motifs is 1. The highest BCUT2D eigenvalue weighted by Crippen LogP contribution is 2.54. The van der Waals surface area contributed by atoms with Gasteiger partial charge in [0, 0.05) is 31.6 Å². The minimum Gasteiger partial charge on any atom is -0.355 e. The lowest BCUT2D eigenvalue weighted by molar-refractivity contribution is -0.183. The van der Waals surface area contributed by atoms with Gasteiger partial charge < -0.3 is 10.6 Å². The standard InChI is InChI=1S/C27H32F3N7O2/c1-2-36-21(9-10-32-36)26(39)34-24(23(15-3-4-15)16-5-6-16)20-14-37-22(33-20)8-7-19(35-37)12-17-11-18(27(28,29)30)13-31-25(17)38/h7-10,14-18,23-24H,2-6,11-13H2,1H3,(H,31,38)(H,34,39)/t17?,18-,24?/m0/s1. The Labute approximate surface area is 223 Å². The van der Waals surface area contributed by atoms with Crippen molar-refractivity contribution in [3.8, 4) is 0 Å². The number of nitrogens with one attached hydrogen (secondary N) is 2. The number of piperidine rings is 1. The number of rotatable bonds is 9. The van der Waals surface area contributed by atoms with Crippen LogP contribution in [0.3, 0.4) is 0 Å². The molecule has 1 saturated heterocycles. The van der Waals surface area contributed by atoms with E-state index in [9.17, 15) is 22.8 Å². The van der Waals surface area contributed by atoms with E-state index in [1.54, 1.807) is 39.8 Å². The topological polar surface area (TPSA) is 106 Å². The first-order chi connectivity index (χ1) is 18.7. The first-order valence-electron chi connectivity index (χ1n) is 13.7. The number of nitrogens with zero attached hydrogens (tertiary/aromatic N) is 5. The van der Waals surface area contributed by atoms with Gasteiger partial charge in [-0.15, -0.1) is 0 Å². The molecule has 4 heterocycles. The van der Waals surface area contributed by atoms with E-state index in [4.69, 9.17) is 4.98 Å². The molecule has 2 unspecified atom stereocenters. The number of aromatic nitrogens is 5. The molecule has 3 fully saturated rings. The molecule has 2 amide bonds. The average Bonchev–Trinajstić information content (AvgIpc) is 3.83. The summed E-state index contributed by atoms with van der Waals surface area (Å²) in [4.78, 5) is 30.5. The zero-order chi connectivity index (χ0) is 27.3. The van der Waals surface area contributed by atoms with E-state index in [2.05, 4.69) is 20.8 Å². The number of halogens is 3. The van der Waals surface area contributed by atoms with Crippen LogP contribution < -0.4 is 10.6 Å². The lowest BCUT2D eigenvalue weighted by atomic mass is 9.86. The smallest absolute Gasteiger partial charge is 0.355 e. The second kappa shape index (κ2) is 9.95. The summed E-state index contributed by atoms with van der Waals surface area (Å²) in [5.74, 6) is -1.57. The molecular formula is C27H32F3N7O2. The van der Waals surface area contributed by atoms with Gasteiger partial charge in [0.25, 0.3) is 5.91 Å². The molecule has 3 aliphatic rings. The lowest BCUT2D eigenvalue weighted by Crippen LogP contribution is -2.47. The van der Waals surface area contributed by atoms with Gasteiger partial charge in [-0.1, -0.05) is 0 Å². The maximum absolute atomic E-state index is 13.3. The Morgan fingerprint density at radius 2 is 1.92 bits per heavy atom. The first kappa shape index (κ1) is 25.8. The SMILES string of the molecule is CCn1nccc1C(=O)NC(c1cn2nc(CC3C[C@H](C(F)(F)F)CNC3=O)ccc2n1)C(C1CC1)C1CC1. The molecule has 0 aromatic carbocycles. The predicted molar refractivity (Wildman–Crippen MR) is 134 cm³/mol. The maximum atomic E-state index is 13.3. The number of carbonyl (C=O) groups is 2. The van der Waals surface area contributed by atoms with Gasteiger partial charge in [-0.25, -0.2) is 9.50 Å². The predicted octanol–water partition coefficient (Wildman–Crippen LogP) is 3.71. The molecular weight excluding hydrogens is 511 g/mol. The molecule has 3 atom stereocenters. The first-order valence-corrected chi connectivity index (χ1v) is 13.7. The zero-order valence-corrected chi connectivity index (χ0v) is 21.7. The van der Waals surface area contributed by atoms with Gasteiger partial charge in [0.2, 0.25) is 5.91 Å². The summed E-state index contributed by atoms with van der Waals surface area (Å²) in [5, 5.41) is 14.5. The van der Waals surface area contributed by atoms with Crippen molar-refractivity contribution in [3.05, 3.63) is 47.7 Å². The van der Waals surface area contributed by atoms with Crippen molar-refractivity contribution in [2.24, 2.45) is 29.6 Å². The summed E-state index contributed by atoms with van der Waals surface area (Å²) < 4.78 is 43.1. The maximum Gasteiger partial charge on any atom is 0.393 e. The number of carbonyl (C=O) groups excluding carboxylic acids is 2. The van der Waals surface area contributed by atoms with E-state index < -0.39 is 18.0 Å². The van der Waals surface area contributed by atoms with Crippen molar-refractivity contribution in [1.29, 1.82) is 0 Å². The Morgan fingerprint density at radius 3 is 2.59 bits per heavy atom. The third kappa shape index (κ3) is 5.38. The Kier molecular flexibility index (Phi) is 6.58. The number of hydrogen-bond acceptors (Lipinski definition) is 5. The number of alkyl halides is 3. The fourth-order valence-corrected chi connectivity index (χ4v) is 6.03. The Hall–Kier alpha value is -3.44. The van der Waals surface area contributed by atoms with Gasteiger partial charge in [-0.3, -0.25) is 14.3 Å². The highest BCUT2D eigenvalue weighted by Gasteiger charge is 2.47. The molecule has 12 heteroatoms. The Bertz CT molecular complexity index is 1360. The molecule has 0 bridgehead atoms. The van der Waals surface area contributed by atoms with Crippen LogP contribution in [0.5, 0.6) is 0 Å². The third-order valence-corrected chi connectivity index (χ3v) is 8.35. The summed E-state index contributed by atoms with van der Waals surface area (Å²) in [6, 6.07) is 4.90. The average molecular weight is 544 g/mol. The van der Waals surface area contributed by atoms with Crippen molar-refractivity contribution < 1.29 is 22.8 Å². The zero-order valence-electron chi connectivity index (χ0n) is 21.7. The summed E-state index contributed by atoms with van der Waals surface area (Å²) in [6.45, 7) is 2.13. The van der Waals surface area contributed by atoms with Gasteiger partial charge in [0.05, 0.1) is 29.5 Å². The normalized spacial score (nSPS) is 22.7. The van der Waals surface area contributed by atoms with Gasteiger partial charge in [-0.2, -0.15) is 23.4 Å². The molecule has 3 aromatic heterocycles. The highest BCUT2D eigenvalue weighted by molar-refractivity contribution is 5.92. The van der Waals surface area contributed by atoms with Crippen LogP contribution in [0, 0.1) is 29.6 Å². The van der Waals surface area contributed by atoms with E-state index in [-0.39, 0.29) is 43.2 Å². The van der Waals surface area contributed by atoms with Crippen LogP contribution in [0.25, 0.3) is 5.65 Å². The second-order valence-corrected chi connectivity index (χ2v) is 11.1. The molecule has 39 heavy (non-hydrogen) atoms. The number of hydrogen-bond donors (Lipinski definition) is 2. The third-order valence-electron chi connectivity index (χ3n) is 8.35. The molecule has 208 valence electrons. The van der Waals surface area contributed by atoms with Crippen LogP contribution in [0.2, 0.25) is 0 Å². The minimum atomic E-state index is -4.35. The lowest BCUT2D eigenvalue weighted by Gasteiger charge is -2.30. The van der Waals surface area contributed by atoms with Crippen molar-refractivity contribution in [3.63, 3.8) is 0 Å². The van der Waals surface area contributed by atoms with Crippen LogP contribution in [0.1, 0.15) is 66.9 Å². The fourth-order valence-electron chi connectivity index (χ4n) is 6.03. The Morgan fingerprint density at radius 1 is 1.18 bits per heavy atom.